The molecule has 1 aliphatic rings. The van der Waals surface area contributed by atoms with Gasteiger partial charge in [-0.1, -0.05) is 17.7 Å². The van der Waals surface area contributed by atoms with E-state index in [2.05, 4.69) is 15.5 Å². The van der Waals surface area contributed by atoms with Gasteiger partial charge < -0.3 is 10.1 Å². The number of nitrogens with one attached hydrogen (secondary N) is 2. The Balaban J connectivity index is 1.59. The summed E-state index contributed by atoms with van der Waals surface area (Å²) in [6.45, 7) is 1.69. The lowest BCUT2D eigenvalue weighted by Gasteiger charge is -2.25. The second-order valence-corrected chi connectivity index (χ2v) is 6.31. The zero-order valence-electron chi connectivity index (χ0n) is 13.2. The van der Waals surface area contributed by atoms with Crippen LogP contribution in [0.2, 0.25) is 5.02 Å². The highest BCUT2D eigenvalue weighted by atomic mass is 35.5. The molecule has 0 unspecified atom stereocenters. The number of halogens is 1. The van der Waals surface area contributed by atoms with Crippen LogP contribution in [0.4, 0.5) is 0 Å². The Morgan fingerprint density at radius 2 is 2.29 bits per heavy atom. The third-order valence-corrected chi connectivity index (χ3v) is 4.23. The number of aromatic amines is 1. The van der Waals surface area contributed by atoms with Crippen LogP contribution in [0.3, 0.4) is 0 Å². The van der Waals surface area contributed by atoms with E-state index in [1.54, 1.807) is 37.3 Å². The highest BCUT2D eigenvalue weighted by Crippen LogP contribution is 2.20. The van der Waals surface area contributed by atoms with Crippen LogP contribution in [0.5, 0.6) is 5.75 Å². The van der Waals surface area contributed by atoms with Crippen molar-refractivity contribution in [2.75, 3.05) is 0 Å². The topological polar surface area (TPSA) is 84.1 Å². The fraction of sp³-hybridized carbons (Fsp3) is 0.353. The van der Waals surface area contributed by atoms with Gasteiger partial charge in [-0.3, -0.25) is 9.59 Å². The SMILES string of the molecule is C[C@@H](Oc1cccc(Cl)c1)C(=O)N[C@H]1CCc2n[nH]c(=O)cc2C1. The molecule has 0 spiro atoms. The molecular formula is C17H18ClN3O3. The summed E-state index contributed by atoms with van der Waals surface area (Å²) < 4.78 is 5.62. The molecule has 6 nitrogen and oxygen atoms in total. The van der Waals surface area contributed by atoms with Crippen LogP contribution in [0.1, 0.15) is 24.6 Å². The molecule has 1 amide bonds. The van der Waals surface area contributed by atoms with Gasteiger partial charge >= 0.3 is 0 Å². The second kappa shape index (κ2) is 7.05. The summed E-state index contributed by atoms with van der Waals surface area (Å²) in [5, 5.41) is 10.0. The number of benzene rings is 1. The van der Waals surface area contributed by atoms with Gasteiger partial charge in [-0.2, -0.15) is 5.10 Å². The van der Waals surface area contributed by atoms with Gasteiger partial charge in [0.2, 0.25) is 0 Å². The van der Waals surface area contributed by atoms with E-state index >= 15 is 0 Å². The van der Waals surface area contributed by atoms with E-state index in [4.69, 9.17) is 16.3 Å². The molecule has 126 valence electrons. The van der Waals surface area contributed by atoms with Gasteiger partial charge in [0.15, 0.2) is 6.10 Å². The molecule has 2 aromatic rings. The summed E-state index contributed by atoms with van der Waals surface area (Å²) in [4.78, 5) is 23.7. The van der Waals surface area contributed by atoms with Gasteiger partial charge in [0.05, 0.1) is 5.69 Å². The molecular weight excluding hydrogens is 330 g/mol. The quantitative estimate of drug-likeness (QED) is 0.884. The van der Waals surface area contributed by atoms with Gasteiger partial charge in [0, 0.05) is 17.1 Å². The monoisotopic (exact) mass is 347 g/mol. The van der Waals surface area contributed by atoms with Crippen molar-refractivity contribution in [3.05, 3.63) is 57.0 Å². The number of carbonyl (C=O) groups is 1. The average Bonchev–Trinajstić information content (AvgIpc) is 2.54. The molecule has 0 bridgehead atoms. The number of hydrogen-bond acceptors (Lipinski definition) is 4. The second-order valence-electron chi connectivity index (χ2n) is 5.87. The van der Waals surface area contributed by atoms with Gasteiger partial charge in [-0.15, -0.1) is 0 Å². The van der Waals surface area contributed by atoms with E-state index in [-0.39, 0.29) is 17.5 Å². The van der Waals surface area contributed by atoms with Crippen LogP contribution >= 0.6 is 11.6 Å². The van der Waals surface area contributed by atoms with Crippen molar-refractivity contribution in [1.29, 1.82) is 0 Å². The Labute approximate surface area is 144 Å². The highest BCUT2D eigenvalue weighted by molar-refractivity contribution is 6.30. The minimum absolute atomic E-state index is 0.0287. The molecule has 1 heterocycles. The van der Waals surface area contributed by atoms with Crippen molar-refractivity contribution < 1.29 is 9.53 Å². The van der Waals surface area contributed by atoms with Crippen LogP contribution in [-0.4, -0.2) is 28.3 Å². The Hall–Kier alpha value is -2.34. The van der Waals surface area contributed by atoms with Crippen molar-refractivity contribution >= 4 is 17.5 Å². The number of aromatic nitrogens is 2. The van der Waals surface area contributed by atoms with E-state index in [1.807, 2.05) is 0 Å². The number of amides is 1. The minimum Gasteiger partial charge on any atom is -0.481 e. The highest BCUT2D eigenvalue weighted by Gasteiger charge is 2.24. The maximum Gasteiger partial charge on any atom is 0.264 e. The summed E-state index contributed by atoms with van der Waals surface area (Å²) in [6.07, 6.45) is 1.46. The fourth-order valence-corrected chi connectivity index (χ4v) is 2.96. The van der Waals surface area contributed by atoms with Crippen LogP contribution in [-0.2, 0) is 17.6 Å². The normalized spacial score (nSPS) is 17.7. The van der Waals surface area contributed by atoms with Crippen LogP contribution in [0.15, 0.2) is 35.1 Å². The van der Waals surface area contributed by atoms with E-state index in [9.17, 15) is 9.59 Å². The Kier molecular flexibility index (Phi) is 4.85. The smallest absolute Gasteiger partial charge is 0.264 e. The van der Waals surface area contributed by atoms with Gasteiger partial charge in [-0.05, 0) is 49.9 Å². The number of hydrogen-bond donors (Lipinski definition) is 2. The lowest BCUT2D eigenvalue weighted by atomic mass is 9.92. The Morgan fingerprint density at radius 1 is 1.46 bits per heavy atom. The number of carbonyl (C=O) groups excluding carboxylic acids is 1. The van der Waals surface area contributed by atoms with Crippen molar-refractivity contribution in [3.8, 4) is 5.75 Å². The molecule has 0 radical (unpaired) electrons. The molecule has 1 aromatic carbocycles. The van der Waals surface area contributed by atoms with E-state index in [0.717, 1.165) is 24.1 Å². The van der Waals surface area contributed by atoms with E-state index in [1.165, 1.54) is 0 Å². The summed E-state index contributed by atoms with van der Waals surface area (Å²) >= 11 is 5.91. The van der Waals surface area contributed by atoms with Crippen molar-refractivity contribution in [1.82, 2.24) is 15.5 Å². The summed E-state index contributed by atoms with van der Waals surface area (Å²) in [6, 6.07) is 8.45. The lowest BCUT2D eigenvalue weighted by Crippen LogP contribution is -2.45. The zero-order valence-corrected chi connectivity index (χ0v) is 14.0. The number of fused-ring (bicyclic) bond motifs is 1. The third kappa shape index (κ3) is 3.94. The first-order chi connectivity index (χ1) is 11.5. The molecule has 2 N–H and O–H groups in total. The number of ether oxygens (including phenoxy) is 1. The van der Waals surface area contributed by atoms with Crippen molar-refractivity contribution in [2.45, 2.75) is 38.3 Å². The number of H-pyrrole nitrogens is 1. The maximum absolute atomic E-state index is 12.3. The average molecular weight is 348 g/mol. The van der Waals surface area contributed by atoms with E-state index in [0.29, 0.717) is 17.2 Å². The first-order valence-corrected chi connectivity index (χ1v) is 8.19. The fourth-order valence-electron chi connectivity index (χ4n) is 2.78. The molecule has 0 saturated heterocycles. The Bertz CT molecular complexity index is 806. The first kappa shape index (κ1) is 16.5. The summed E-state index contributed by atoms with van der Waals surface area (Å²) in [7, 11) is 0. The van der Waals surface area contributed by atoms with Gasteiger partial charge in [0.1, 0.15) is 5.75 Å². The van der Waals surface area contributed by atoms with Crippen molar-refractivity contribution in [2.24, 2.45) is 0 Å². The maximum atomic E-state index is 12.3. The molecule has 3 rings (SSSR count). The summed E-state index contributed by atoms with van der Waals surface area (Å²) in [5.74, 6) is 0.357. The predicted molar refractivity (Wildman–Crippen MR) is 90.4 cm³/mol. The first-order valence-electron chi connectivity index (χ1n) is 7.81. The molecule has 0 fully saturated rings. The van der Waals surface area contributed by atoms with Crippen LogP contribution in [0, 0.1) is 0 Å². The molecule has 1 aromatic heterocycles. The van der Waals surface area contributed by atoms with Crippen LogP contribution in [0.25, 0.3) is 0 Å². The minimum atomic E-state index is -0.637. The zero-order chi connectivity index (χ0) is 17.1. The summed E-state index contributed by atoms with van der Waals surface area (Å²) in [5.41, 5.74) is 1.56. The molecule has 24 heavy (non-hydrogen) atoms. The lowest BCUT2D eigenvalue weighted by molar-refractivity contribution is -0.128. The van der Waals surface area contributed by atoms with E-state index < -0.39 is 6.10 Å². The standard InChI is InChI=1S/C17H18ClN3O3/c1-10(24-14-4-2-3-12(18)9-14)17(23)19-13-5-6-15-11(7-13)8-16(22)21-20-15/h2-4,8-10,13H,5-7H2,1H3,(H,19,23)(H,21,22)/t10-,13+/m1/s1. The Morgan fingerprint density at radius 3 is 3.08 bits per heavy atom. The van der Waals surface area contributed by atoms with Crippen molar-refractivity contribution in [3.63, 3.8) is 0 Å². The van der Waals surface area contributed by atoms with Gasteiger partial charge in [0.25, 0.3) is 11.5 Å². The molecule has 7 heteroatoms. The van der Waals surface area contributed by atoms with Crippen LogP contribution < -0.4 is 15.6 Å². The largest absolute Gasteiger partial charge is 0.481 e. The third-order valence-electron chi connectivity index (χ3n) is 4.00. The molecule has 2 atom stereocenters. The number of nitrogens with zero attached hydrogens (tertiary/aromatic N) is 1. The number of aryl methyl sites for hydroxylation is 1. The predicted octanol–water partition coefficient (Wildman–Crippen LogP) is 1.86. The molecule has 0 aliphatic heterocycles. The molecule has 0 saturated carbocycles. The molecule has 1 aliphatic carbocycles. The number of rotatable bonds is 4. The van der Waals surface area contributed by atoms with Gasteiger partial charge in [-0.25, -0.2) is 5.10 Å².